The molecule has 0 fully saturated rings. The van der Waals surface area contributed by atoms with Gasteiger partial charge in [0.25, 0.3) is 0 Å². The van der Waals surface area contributed by atoms with E-state index >= 15 is 0 Å². The van der Waals surface area contributed by atoms with Gasteiger partial charge in [-0.05, 0) is 24.6 Å². The van der Waals surface area contributed by atoms with Crippen LogP contribution in [0.25, 0.3) is 0 Å². The lowest BCUT2D eigenvalue weighted by Crippen LogP contribution is -1.82. The van der Waals surface area contributed by atoms with Crippen molar-refractivity contribution in [2.24, 2.45) is 0 Å². The van der Waals surface area contributed by atoms with Crippen LogP contribution in [0.3, 0.4) is 0 Å². The third-order valence-corrected chi connectivity index (χ3v) is 2.29. The zero-order valence-corrected chi connectivity index (χ0v) is 7.63. The first-order chi connectivity index (χ1) is 4.61. The normalized spacial score (nSPS) is 10.0. The molecule has 0 N–H and O–H groups in total. The topological polar surface area (TPSA) is 0 Å². The van der Waals surface area contributed by atoms with Crippen molar-refractivity contribution in [3.63, 3.8) is 0 Å². The van der Waals surface area contributed by atoms with Crippen LogP contribution in [0.4, 0.5) is 4.39 Å². The highest BCUT2D eigenvalue weighted by Gasteiger charge is 2.02. The lowest BCUT2D eigenvalue weighted by atomic mass is 10.2. The van der Waals surface area contributed by atoms with Crippen LogP contribution in [0, 0.1) is 12.7 Å². The summed E-state index contributed by atoms with van der Waals surface area (Å²) in [6.45, 7) is 1.69. The molecule has 54 valence electrons. The van der Waals surface area contributed by atoms with Crippen molar-refractivity contribution in [1.29, 1.82) is 0 Å². The summed E-state index contributed by atoms with van der Waals surface area (Å²) >= 11 is 8.72. The average molecular weight is 223 g/mol. The molecule has 0 saturated heterocycles. The summed E-state index contributed by atoms with van der Waals surface area (Å²) < 4.78 is 13.4. The van der Waals surface area contributed by atoms with E-state index < -0.39 is 0 Å². The molecule has 0 nitrogen and oxygen atoms in total. The summed E-state index contributed by atoms with van der Waals surface area (Å²) in [5, 5.41) is 0.412. The van der Waals surface area contributed by atoms with Crippen LogP contribution in [0.15, 0.2) is 16.6 Å². The van der Waals surface area contributed by atoms with Crippen molar-refractivity contribution < 1.29 is 4.39 Å². The van der Waals surface area contributed by atoms with Gasteiger partial charge in [0.15, 0.2) is 0 Å². The number of rotatable bonds is 0. The molecule has 0 heterocycles. The first-order valence-electron chi connectivity index (χ1n) is 2.72. The van der Waals surface area contributed by atoms with E-state index in [4.69, 9.17) is 11.6 Å². The average Bonchev–Trinajstić information content (AvgIpc) is 1.82. The Balaban J connectivity index is 3.31. The molecular formula is C7H5BrClF. The van der Waals surface area contributed by atoms with Crippen LogP contribution in [-0.4, -0.2) is 0 Å². The summed E-state index contributed by atoms with van der Waals surface area (Å²) in [6, 6.07) is 2.96. The molecular weight excluding hydrogens is 218 g/mol. The van der Waals surface area contributed by atoms with Gasteiger partial charge >= 0.3 is 0 Å². The lowest BCUT2D eigenvalue weighted by molar-refractivity contribution is 0.617. The largest absolute Gasteiger partial charge is 0.207 e. The molecule has 0 atom stereocenters. The number of halogens is 3. The molecule has 0 aliphatic rings. The second-order valence-corrected chi connectivity index (χ2v) is 3.29. The maximum absolute atomic E-state index is 12.7. The Labute approximate surface area is 72.1 Å². The maximum atomic E-state index is 12.7. The molecule has 1 rings (SSSR count). The Bertz CT molecular complexity index is 237. The minimum Gasteiger partial charge on any atom is -0.207 e. The number of hydrogen-bond acceptors (Lipinski definition) is 0. The second-order valence-electron chi connectivity index (χ2n) is 1.99. The van der Waals surface area contributed by atoms with E-state index in [9.17, 15) is 4.39 Å². The van der Waals surface area contributed by atoms with E-state index in [1.165, 1.54) is 6.07 Å². The fraction of sp³-hybridized carbons (Fsp3) is 0.143. The van der Waals surface area contributed by atoms with Crippen molar-refractivity contribution in [1.82, 2.24) is 0 Å². The Kier molecular flexibility index (Phi) is 2.32. The Morgan fingerprint density at radius 1 is 1.50 bits per heavy atom. The molecule has 1 aromatic carbocycles. The minimum atomic E-state index is -0.278. The predicted octanol–water partition coefficient (Wildman–Crippen LogP) is 3.55. The molecule has 0 unspecified atom stereocenters. The van der Waals surface area contributed by atoms with Crippen LogP contribution in [0.5, 0.6) is 0 Å². The zero-order chi connectivity index (χ0) is 7.72. The van der Waals surface area contributed by atoms with Gasteiger partial charge in [0, 0.05) is 9.50 Å². The first-order valence-corrected chi connectivity index (χ1v) is 3.89. The van der Waals surface area contributed by atoms with E-state index in [1.807, 2.05) is 0 Å². The lowest BCUT2D eigenvalue weighted by Gasteiger charge is -1.98. The molecule has 0 saturated carbocycles. The summed E-state index contributed by atoms with van der Waals surface area (Å²) in [5.74, 6) is -0.278. The molecule has 0 aromatic heterocycles. The highest BCUT2D eigenvalue weighted by atomic mass is 79.9. The van der Waals surface area contributed by atoms with Crippen LogP contribution in [0.2, 0.25) is 5.02 Å². The Hall–Kier alpha value is -0.0800. The fourth-order valence-electron chi connectivity index (χ4n) is 0.614. The molecule has 3 heteroatoms. The molecule has 0 aliphatic heterocycles. The van der Waals surface area contributed by atoms with E-state index in [0.29, 0.717) is 15.1 Å². The molecule has 0 spiro atoms. The van der Waals surface area contributed by atoms with E-state index in [0.717, 1.165) is 0 Å². The second kappa shape index (κ2) is 2.89. The van der Waals surface area contributed by atoms with Gasteiger partial charge in [-0.3, -0.25) is 0 Å². The fourth-order valence-corrected chi connectivity index (χ4v) is 1.39. The van der Waals surface area contributed by atoms with Crippen molar-refractivity contribution in [3.05, 3.63) is 33.0 Å². The Morgan fingerprint density at radius 3 is 2.60 bits per heavy atom. The summed E-state index contributed by atoms with van der Waals surface area (Å²) in [7, 11) is 0. The first kappa shape index (κ1) is 8.02. The molecule has 0 aliphatic carbocycles. The highest BCUT2D eigenvalue weighted by Crippen LogP contribution is 2.23. The van der Waals surface area contributed by atoms with Crippen molar-refractivity contribution in [2.45, 2.75) is 6.92 Å². The van der Waals surface area contributed by atoms with Crippen molar-refractivity contribution in [2.75, 3.05) is 0 Å². The van der Waals surface area contributed by atoms with Gasteiger partial charge in [0.1, 0.15) is 5.82 Å². The van der Waals surface area contributed by atoms with Crippen LogP contribution in [-0.2, 0) is 0 Å². The number of hydrogen-bond donors (Lipinski definition) is 0. The quantitative estimate of drug-likeness (QED) is 0.631. The van der Waals surface area contributed by atoms with E-state index in [2.05, 4.69) is 15.9 Å². The van der Waals surface area contributed by atoms with Gasteiger partial charge in [0.05, 0.1) is 0 Å². The van der Waals surface area contributed by atoms with E-state index in [1.54, 1.807) is 13.0 Å². The third-order valence-electron chi connectivity index (χ3n) is 1.25. The van der Waals surface area contributed by atoms with Gasteiger partial charge in [-0.1, -0.05) is 27.5 Å². The Morgan fingerprint density at radius 2 is 2.10 bits per heavy atom. The van der Waals surface area contributed by atoms with Gasteiger partial charge in [-0.2, -0.15) is 0 Å². The monoisotopic (exact) mass is 222 g/mol. The molecule has 1 aromatic rings. The molecule has 10 heavy (non-hydrogen) atoms. The van der Waals surface area contributed by atoms with Gasteiger partial charge in [0.2, 0.25) is 0 Å². The van der Waals surface area contributed by atoms with Crippen molar-refractivity contribution in [3.8, 4) is 0 Å². The van der Waals surface area contributed by atoms with Gasteiger partial charge < -0.3 is 0 Å². The smallest absolute Gasteiger partial charge is 0.128 e. The standard InChI is InChI=1S/C7H5BrClF/c1-4-6(8)2-5(9)3-7(4)10/h2-3H,1H3. The maximum Gasteiger partial charge on any atom is 0.128 e. The highest BCUT2D eigenvalue weighted by molar-refractivity contribution is 9.10. The minimum absolute atomic E-state index is 0.278. The third kappa shape index (κ3) is 1.50. The summed E-state index contributed by atoms with van der Waals surface area (Å²) in [5.41, 5.74) is 0.587. The van der Waals surface area contributed by atoms with Crippen LogP contribution < -0.4 is 0 Å². The number of benzene rings is 1. The van der Waals surface area contributed by atoms with Crippen LogP contribution >= 0.6 is 27.5 Å². The zero-order valence-electron chi connectivity index (χ0n) is 5.29. The van der Waals surface area contributed by atoms with Crippen LogP contribution in [0.1, 0.15) is 5.56 Å². The predicted molar refractivity (Wildman–Crippen MR) is 43.8 cm³/mol. The van der Waals surface area contributed by atoms with Gasteiger partial charge in [-0.25, -0.2) is 4.39 Å². The molecule has 0 bridgehead atoms. The molecule has 0 amide bonds. The molecule has 0 radical (unpaired) electrons. The van der Waals surface area contributed by atoms with E-state index in [-0.39, 0.29) is 5.82 Å². The van der Waals surface area contributed by atoms with Crippen molar-refractivity contribution >= 4 is 27.5 Å². The SMILES string of the molecule is Cc1c(F)cc(Cl)cc1Br. The van der Waals surface area contributed by atoms with Gasteiger partial charge in [-0.15, -0.1) is 0 Å². The summed E-state index contributed by atoms with van der Waals surface area (Å²) in [4.78, 5) is 0. The summed E-state index contributed by atoms with van der Waals surface area (Å²) in [6.07, 6.45) is 0.